The van der Waals surface area contributed by atoms with E-state index in [1.807, 2.05) is 25.1 Å². The number of H-pyrrole nitrogens is 1. The minimum atomic E-state index is -0.276. The Morgan fingerprint density at radius 1 is 1.28 bits per heavy atom. The van der Waals surface area contributed by atoms with E-state index in [9.17, 15) is 4.39 Å². The van der Waals surface area contributed by atoms with Gasteiger partial charge in [-0.2, -0.15) is 0 Å². The van der Waals surface area contributed by atoms with Gasteiger partial charge < -0.3 is 20.9 Å². The number of aromatic nitrogens is 2. The lowest BCUT2D eigenvalue weighted by atomic mass is 9.95. The second-order valence-corrected chi connectivity index (χ2v) is 8.56. The van der Waals surface area contributed by atoms with Crippen LogP contribution in [0.5, 0.6) is 0 Å². The van der Waals surface area contributed by atoms with Gasteiger partial charge in [0.1, 0.15) is 11.5 Å². The highest BCUT2D eigenvalue weighted by molar-refractivity contribution is 6.12. The van der Waals surface area contributed by atoms with Crippen LogP contribution in [0.4, 0.5) is 10.1 Å². The first kappa shape index (κ1) is 20.3. The van der Waals surface area contributed by atoms with E-state index in [-0.39, 0.29) is 11.5 Å². The molecule has 1 aliphatic carbocycles. The van der Waals surface area contributed by atoms with Crippen LogP contribution in [-0.4, -0.2) is 26.6 Å². The van der Waals surface area contributed by atoms with Crippen molar-refractivity contribution < 1.29 is 4.39 Å². The van der Waals surface area contributed by atoms with E-state index in [1.54, 1.807) is 6.07 Å². The second-order valence-electron chi connectivity index (χ2n) is 8.56. The van der Waals surface area contributed by atoms with E-state index < -0.39 is 0 Å². The summed E-state index contributed by atoms with van der Waals surface area (Å²) in [6, 6.07) is 10.9. The second kappa shape index (κ2) is 7.82. The topological polar surface area (TPSA) is 93.8 Å². The number of nitrogens with one attached hydrogen (secondary N) is 3. The highest BCUT2D eigenvalue weighted by Gasteiger charge is 2.28. The molecule has 0 bridgehead atoms. The minimum Gasteiger partial charge on any atom is -0.398 e. The Morgan fingerprint density at radius 2 is 2.09 bits per heavy atom. The standard InChI is InChI=1S/C25H27FN6/c1-3-15-4-6-17(26)11-20(15)16-5-9-19(21(27)10-16)24(28)25-30-22-12-32(13-23(22)31-25)14(2)29-18-7-8-18/h4-6,9-11,18,28-29H,2-3,7-8,12-13,27H2,1H3,(H,30,31). The Balaban J connectivity index is 1.35. The fraction of sp³-hybridized carbons (Fsp3) is 0.280. The number of hydrogen-bond acceptors (Lipinski definition) is 5. The van der Waals surface area contributed by atoms with Gasteiger partial charge in [-0.3, -0.25) is 5.41 Å². The zero-order chi connectivity index (χ0) is 22.4. The smallest absolute Gasteiger partial charge is 0.156 e. The summed E-state index contributed by atoms with van der Waals surface area (Å²) in [6.07, 6.45) is 3.21. The lowest BCUT2D eigenvalue weighted by Crippen LogP contribution is -2.28. The van der Waals surface area contributed by atoms with Crippen molar-refractivity contribution in [3.63, 3.8) is 0 Å². The number of nitrogens with two attached hydrogens (primary N) is 1. The number of hydrogen-bond donors (Lipinski definition) is 4. The van der Waals surface area contributed by atoms with Crippen LogP contribution in [0.15, 0.2) is 48.8 Å². The lowest BCUT2D eigenvalue weighted by molar-refractivity contribution is 0.329. The van der Waals surface area contributed by atoms with Crippen LogP contribution in [0.1, 0.15) is 48.1 Å². The molecule has 0 saturated heterocycles. The molecule has 0 amide bonds. The molecule has 1 saturated carbocycles. The summed E-state index contributed by atoms with van der Waals surface area (Å²) in [7, 11) is 0. The molecule has 1 aliphatic heterocycles. The number of nitrogen functional groups attached to an aromatic ring is 1. The average Bonchev–Trinajstić information content (AvgIpc) is 3.36. The highest BCUT2D eigenvalue weighted by atomic mass is 19.1. The summed E-state index contributed by atoms with van der Waals surface area (Å²) in [5, 5.41) is 12.1. The summed E-state index contributed by atoms with van der Waals surface area (Å²) in [6.45, 7) is 7.55. The Bertz CT molecular complexity index is 1200. The third kappa shape index (κ3) is 3.75. The Labute approximate surface area is 186 Å². The Kier molecular flexibility index (Phi) is 4.96. The van der Waals surface area contributed by atoms with Crippen molar-refractivity contribution >= 4 is 11.4 Å². The summed E-state index contributed by atoms with van der Waals surface area (Å²) in [4.78, 5) is 10.1. The van der Waals surface area contributed by atoms with Gasteiger partial charge in [0.25, 0.3) is 0 Å². The molecule has 1 fully saturated rings. The first-order valence-electron chi connectivity index (χ1n) is 11.0. The molecule has 5 N–H and O–H groups in total. The maximum Gasteiger partial charge on any atom is 0.156 e. The van der Waals surface area contributed by atoms with Gasteiger partial charge in [-0.1, -0.05) is 31.7 Å². The molecule has 6 nitrogen and oxygen atoms in total. The zero-order valence-electron chi connectivity index (χ0n) is 18.1. The van der Waals surface area contributed by atoms with Crippen LogP contribution in [0.25, 0.3) is 11.1 Å². The summed E-state index contributed by atoms with van der Waals surface area (Å²) in [5.74, 6) is 1.16. The van der Waals surface area contributed by atoms with Crippen molar-refractivity contribution in [2.45, 2.75) is 45.3 Å². The number of fused-ring (bicyclic) bond motifs is 1. The molecule has 7 heteroatoms. The highest BCUT2D eigenvalue weighted by Crippen LogP contribution is 2.30. The normalized spacial score (nSPS) is 15.0. The number of nitrogens with zero attached hydrogens (tertiary/aromatic N) is 2. The number of imidazole rings is 1. The monoisotopic (exact) mass is 430 g/mol. The molecule has 0 unspecified atom stereocenters. The minimum absolute atomic E-state index is 0.250. The van der Waals surface area contributed by atoms with E-state index in [0.29, 0.717) is 36.2 Å². The van der Waals surface area contributed by atoms with Gasteiger partial charge in [0.2, 0.25) is 0 Å². The van der Waals surface area contributed by atoms with E-state index in [4.69, 9.17) is 11.1 Å². The van der Waals surface area contributed by atoms with Crippen LogP contribution in [-0.2, 0) is 19.5 Å². The van der Waals surface area contributed by atoms with Gasteiger partial charge in [-0.15, -0.1) is 0 Å². The van der Waals surface area contributed by atoms with Crippen LogP contribution < -0.4 is 11.1 Å². The third-order valence-electron chi connectivity index (χ3n) is 6.21. The first-order chi connectivity index (χ1) is 15.4. The maximum atomic E-state index is 13.8. The van der Waals surface area contributed by atoms with Crippen molar-refractivity contribution in [2.75, 3.05) is 5.73 Å². The van der Waals surface area contributed by atoms with Gasteiger partial charge in [0, 0.05) is 17.3 Å². The number of rotatable bonds is 7. The number of benzene rings is 2. The predicted octanol–water partition coefficient (Wildman–Crippen LogP) is 4.32. The van der Waals surface area contributed by atoms with Gasteiger partial charge >= 0.3 is 0 Å². The molecule has 3 aromatic rings. The number of aromatic amines is 1. The molecule has 2 aromatic carbocycles. The van der Waals surface area contributed by atoms with Crippen molar-refractivity contribution in [3.8, 4) is 11.1 Å². The summed E-state index contributed by atoms with van der Waals surface area (Å²) in [5.41, 5.74) is 12.3. The fourth-order valence-corrected chi connectivity index (χ4v) is 4.21. The number of aryl methyl sites for hydroxylation is 1. The number of anilines is 1. The fourth-order valence-electron chi connectivity index (χ4n) is 4.21. The lowest BCUT2D eigenvalue weighted by Gasteiger charge is -2.21. The van der Waals surface area contributed by atoms with Crippen LogP contribution >= 0.6 is 0 Å². The van der Waals surface area contributed by atoms with E-state index >= 15 is 0 Å². The molecular formula is C25H27FN6. The molecule has 2 heterocycles. The van der Waals surface area contributed by atoms with Crippen molar-refractivity contribution in [1.29, 1.82) is 5.41 Å². The van der Waals surface area contributed by atoms with Crippen molar-refractivity contribution in [1.82, 2.24) is 20.2 Å². The molecule has 32 heavy (non-hydrogen) atoms. The molecule has 2 aliphatic rings. The van der Waals surface area contributed by atoms with Gasteiger partial charge in [-0.25, -0.2) is 9.37 Å². The quantitative estimate of drug-likeness (QED) is 0.332. The summed E-state index contributed by atoms with van der Waals surface area (Å²) >= 11 is 0. The van der Waals surface area contributed by atoms with E-state index in [0.717, 1.165) is 40.3 Å². The van der Waals surface area contributed by atoms with Crippen LogP contribution in [0, 0.1) is 11.2 Å². The van der Waals surface area contributed by atoms with E-state index in [1.165, 1.54) is 25.0 Å². The SMILES string of the molecule is C=C(NC1CC1)N1Cc2nc(C(=N)c3ccc(-c4cc(F)ccc4CC)cc3N)[nH]c2C1. The molecular weight excluding hydrogens is 403 g/mol. The molecule has 164 valence electrons. The maximum absolute atomic E-state index is 13.8. The average molecular weight is 431 g/mol. The van der Waals surface area contributed by atoms with Gasteiger partial charge in [0.05, 0.1) is 30.3 Å². The molecule has 0 spiro atoms. The first-order valence-corrected chi connectivity index (χ1v) is 11.0. The Morgan fingerprint density at radius 3 is 2.78 bits per heavy atom. The van der Waals surface area contributed by atoms with Crippen molar-refractivity contribution in [3.05, 3.63) is 83.0 Å². The molecule has 1 aromatic heterocycles. The molecule has 0 radical (unpaired) electrons. The largest absolute Gasteiger partial charge is 0.398 e. The molecule has 0 atom stereocenters. The predicted molar refractivity (Wildman–Crippen MR) is 125 cm³/mol. The van der Waals surface area contributed by atoms with Gasteiger partial charge in [0.15, 0.2) is 5.82 Å². The third-order valence-corrected chi connectivity index (χ3v) is 6.21. The van der Waals surface area contributed by atoms with Crippen LogP contribution in [0.3, 0.4) is 0 Å². The van der Waals surface area contributed by atoms with Crippen molar-refractivity contribution in [2.24, 2.45) is 0 Å². The summed E-state index contributed by atoms with van der Waals surface area (Å²) < 4.78 is 13.8. The zero-order valence-corrected chi connectivity index (χ0v) is 18.1. The van der Waals surface area contributed by atoms with Crippen LogP contribution in [0.2, 0.25) is 0 Å². The van der Waals surface area contributed by atoms with E-state index in [2.05, 4.69) is 26.8 Å². The Hall–Kier alpha value is -3.61. The number of halogens is 1. The van der Waals surface area contributed by atoms with Gasteiger partial charge in [-0.05, 0) is 54.2 Å². The molecule has 5 rings (SSSR count).